The monoisotopic (exact) mass is 549 g/mol. The van der Waals surface area contributed by atoms with Gasteiger partial charge in [0.2, 0.25) is 21.8 Å². The minimum absolute atomic E-state index is 0.105. The standard InChI is InChI=1S/C30H35N3O5S/c1-22(2)31-30(36)28(18-24-12-7-5-8-13-24)32(20-25-14-9-6-10-15-25)29(35)21-33(39(4,37)38)27-17-11-16-26(19-27)23(3)34/h5-17,19,22,28H,18,20-21H2,1-4H3,(H,31,36)/t28-/m1/s1. The first-order valence-electron chi connectivity index (χ1n) is 12.7. The van der Waals surface area contributed by atoms with Crippen LogP contribution in [0.4, 0.5) is 5.69 Å². The van der Waals surface area contributed by atoms with Crippen LogP contribution < -0.4 is 9.62 Å². The molecule has 1 atom stereocenters. The van der Waals surface area contributed by atoms with Crippen molar-refractivity contribution in [3.8, 4) is 0 Å². The zero-order valence-corrected chi connectivity index (χ0v) is 23.5. The Bertz CT molecular complexity index is 1390. The van der Waals surface area contributed by atoms with Crippen molar-refractivity contribution < 1.29 is 22.8 Å². The highest BCUT2D eigenvalue weighted by Crippen LogP contribution is 2.22. The van der Waals surface area contributed by atoms with E-state index < -0.39 is 28.5 Å². The zero-order valence-electron chi connectivity index (χ0n) is 22.7. The molecule has 8 nitrogen and oxygen atoms in total. The molecule has 3 aromatic carbocycles. The minimum atomic E-state index is -3.91. The number of hydrogen-bond acceptors (Lipinski definition) is 5. The molecule has 0 aromatic heterocycles. The third-order valence-corrected chi connectivity index (χ3v) is 7.26. The smallest absolute Gasteiger partial charge is 0.244 e. The van der Waals surface area contributed by atoms with Gasteiger partial charge in [-0.1, -0.05) is 72.8 Å². The number of benzene rings is 3. The molecule has 206 valence electrons. The number of anilines is 1. The zero-order chi connectivity index (χ0) is 28.6. The van der Waals surface area contributed by atoms with E-state index in [-0.39, 0.29) is 36.4 Å². The van der Waals surface area contributed by atoms with Gasteiger partial charge in [0.05, 0.1) is 11.9 Å². The first-order chi connectivity index (χ1) is 18.5. The van der Waals surface area contributed by atoms with E-state index in [9.17, 15) is 22.8 Å². The van der Waals surface area contributed by atoms with Crippen LogP contribution in [0.5, 0.6) is 0 Å². The van der Waals surface area contributed by atoms with Gasteiger partial charge in [-0.25, -0.2) is 8.42 Å². The largest absolute Gasteiger partial charge is 0.352 e. The van der Waals surface area contributed by atoms with E-state index in [0.29, 0.717) is 5.56 Å². The fourth-order valence-electron chi connectivity index (χ4n) is 4.21. The Morgan fingerprint density at radius 2 is 1.44 bits per heavy atom. The molecule has 0 bridgehead atoms. The van der Waals surface area contributed by atoms with Crippen molar-refractivity contribution in [1.82, 2.24) is 10.2 Å². The van der Waals surface area contributed by atoms with Gasteiger partial charge < -0.3 is 10.2 Å². The quantitative estimate of drug-likeness (QED) is 0.346. The molecule has 0 saturated carbocycles. The number of carbonyl (C=O) groups excluding carboxylic acids is 3. The van der Waals surface area contributed by atoms with Crippen molar-refractivity contribution in [2.24, 2.45) is 0 Å². The Balaban J connectivity index is 2.05. The Morgan fingerprint density at radius 3 is 1.97 bits per heavy atom. The molecule has 0 aliphatic heterocycles. The van der Waals surface area contributed by atoms with Crippen molar-refractivity contribution in [3.63, 3.8) is 0 Å². The maximum absolute atomic E-state index is 14.0. The van der Waals surface area contributed by atoms with Gasteiger partial charge in [0, 0.05) is 24.6 Å². The predicted molar refractivity (Wildman–Crippen MR) is 153 cm³/mol. The van der Waals surface area contributed by atoms with E-state index in [1.165, 1.54) is 24.0 Å². The lowest BCUT2D eigenvalue weighted by atomic mass is 10.0. The average molecular weight is 550 g/mol. The van der Waals surface area contributed by atoms with Gasteiger partial charge in [0.15, 0.2) is 5.78 Å². The number of Topliss-reactive ketones (excluding diaryl/α,β-unsaturated/α-hetero) is 1. The van der Waals surface area contributed by atoms with Crippen molar-refractivity contribution >= 4 is 33.3 Å². The van der Waals surface area contributed by atoms with Crippen LogP contribution in [0.3, 0.4) is 0 Å². The minimum Gasteiger partial charge on any atom is -0.352 e. The van der Waals surface area contributed by atoms with Crippen LogP contribution in [0.15, 0.2) is 84.9 Å². The topological polar surface area (TPSA) is 104 Å². The number of rotatable bonds is 12. The summed E-state index contributed by atoms with van der Waals surface area (Å²) in [5.74, 6) is -1.10. The molecule has 0 heterocycles. The molecular formula is C30H35N3O5S. The average Bonchev–Trinajstić information content (AvgIpc) is 2.89. The predicted octanol–water partition coefficient (Wildman–Crippen LogP) is 3.82. The van der Waals surface area contributed by atoms with Gasteiger partial charge in [-0.3, -0.25) is 18.7 Å². The van der Waals surface area contributed by atoms with Crippen LogP contribution in [0, 0.1) is 0 Å². The molecule has 0 fully saturated rings. The molecule has 3 aromatic rings. The number of nitrogens with zero attached hydrogens (tertiary/aromatic N) is 2. The number of amides is 2. The molecule has 9 heteroatoms. The summed E-state index contributed by atoms with van der Waals surface area (Å²) < 4.78 is 26.7. The molecule has 0 spiro atoms. The molecule has 3 rings (SSSR count). The second-order valence-corrected chi connectivity index (χ2v) is 11.7. The second kappa shape index (κ2) is 13.2. The lowest BCUT2D eigenvalue weighted by molar-refractivity contribution is -0.140. The molecule has 0 aliphatic carbocycles. The van der Waals surface area contributed by atoms with Crippen LogP contribution in [0.2, 0.25) is 0 Å². The maximum atomic E-state index is 14.0. The summed E-state index contributed by atoms with van der Waals surface area (Å²) in [4.78, 5) is 40.9. The van der Waals surface area contributed by atoms with Crippen LogP contribution >= 0.6 is 0 Å². The third kappa shape index (κ3) is 8.51. The number of nitrogens with one attached hydrogen (secondary N) is 1. The number of hydrogen-bond donors (Lipinski definition) is 1. The fraction of sp³-hybridized carbons (Fsp3) is 0.300. The second-order valence-electron chi connectivity index (χ2n) is 9.75. The molecule has 39 heavy (non-hydrogen) atoms. The number of ketones is 1. The van der Waals surface area contributed by atoms with Gasteiger partial charge in [-0.2, -0.15) is 0 Å². The van der Waals surface area contributed by atoms with Gasteiger partial charge in [-0.05, 0) is 44.0 Å². The van der Waals surface area contributed by atoms with E-state index in [1.54, 1.807) is 12.1 Å². The molecule has 0 aliphatic rings. The summed E-state index contributed by atoms with van der Waals surface area (Å²) >= 11 is 0. The highest BCUT2D eigenvalue weighted by molar-refractivity contribution is 7.92. The Kier molecular flexibility index (Phi) is 10.0. The normalized spacial score (nSPS) is 12.0. The van der Waals surface area contributed by atoms with Crippen molar-refractivity contribution in [2.45, 2.75) is 45.8 Å². The molecule has 0 saturated heterocycles. The van der Waals surface area contributed by atoms with E-state index in [0.717, 1.165) is 21.7 Å². The van der Waals surface area contributed by atoms with Gasteiger partial charge >= 0.3 is 0 Å². The van der Waals surface area contributed by atoms with E-state index >= 15 is 0 Å². The molecule has 1 N–H and O–H groups in total. The van der Waals surface area contributed by atoms with E-state index in [4.69, 9.17) is 0 Å². The van der Waals surface area contributed by atoms with Crippen molar-refractivity contribution in [3.05, 3.63) is 102 Å². The maximum Gasteiger partial charge on any atom is 0.244 e. The van der Waals surface area contributed by atoms with Crippen LogP contribution in [0.1, 0.15) is 42.3 Å². The van der Waals surface area contributed by atoms with Crippen molar-refractivity contribution in [2.75, 3.05) is 17.1 Å². The first-order valence-corrected chi connectivity index (χ1v) is 14.6. The molecule has 0 radical (unpaired) electrons. The molecule has 0 unspecified atom stereocenters. The molecule has 2 amide bonds. The lowest BCUT2D eigenvalue weighted by Crippen LogP contribution is -2.54. The van der Waals surface area contributed by atoms with Crippen LogP contribution in [0.25, 0.3) is 0 Å². The highest BCUT2D eigenvalue weighted by atomic mass is 32.2. The number of sulfonamides is 1. The van der Waals surface area contributed by atoms with Gasteiger partial charge in [0.25, 0.3) is 0 Å². The summed E-state index contributed by atoms with van der Waals surface area (Å²) in [5.41, 5.74) is 2.18. The summed E-state index contributed by atoms with van der Waals surface area (Å²) in [6, 6.07) is 23.7. The third-order valence-electron chi connectivity index (χ3n) is 6.12. The summed E-state index contributed by atoms with van der Waals surface area (Å²) in [7, 11) is -3.91. The van der Waals surface area contributed by atoms with Crippen molar-refractivity contribution in [1.29, 1.82) is 0 Å². The summed E-state index contributed by atoms with van der Waals surface area (Å²) in [6.45, 7) is 4.64. The SMILES string of the molecule is CC(=O)c1cccc(N(CC(=O)N(Cc2ccccc2)[C@H](Cc2ccccc2)C(=O)NC(C)C)S(C)(=O)=O)c1. The Morgan fingerprint density at radius 1 is 0.846 bits per heavy atom. The van der Waals surface area contributed by atoms with E-state index in [1.807, 2.05) is 74.5 Å². The van der Waals surface area contributed by atoms with E-state index in [2.05, 4.69) is 5.32 Å². The van der Waals surface area contributed by atoms with Crippen LogP contribution in [-0.2, 0) is 32.6 Å². The summed E-state index contributed by atoms with van der Waals surface area (Å²) in [6.07, 6.45) is 1.26. The highest BCUT2D eigenvalue weighted by Gasteiger charge is 2.33. The molecular weight excluding hydrogens is 514 g/mol. The summed E-state index contributed by atoms with van der Waals surface area (Å²) in [5, 5.41) is 2.92. The fourth-order valence-corrected chi connectivity index (χ4v) is 5.05. The first kappa shape index (κ1) is 29.6. The van der Waals surface area contributed by atoms with Crippen LogP contribution in [-0.4, -0.2) is 55.8 Å². The van der Waals surface area contributed by atoms with Gasteiger partial charge in [0.1, 0.15) is 12.6 Å². The number of carbonyl (C=O) groups is 3. The van der Waals surface area contributed by atoms with Gasteiger partial charge in [-0.15, -0.1) is 0 Å². The lowest BCUT2D eigenvalue weighted by Gasteiger charge is -2.34. The Labute approximate surface area is 230 Å². The Hall–Kier alpha value is -3.98.